The number of nitrogens with one attached hydrogen (secondary N) is 1. The van der Waals surface area contributed by atoms with E-state index in [0.29, 0.717) is 5.56 Å². The van der Waals surface area contributed by atoms with E-state index < -0.39 is 17.9 Å². The van der Waals surface area contributed by atoms with Crippen LogP contribution < -0.4 is 5.32 Å². The van der Waals surface area contributed by atoms with Crippen molar-refractivity contribution in [1.82, 2.24) is 5.32 Å². The van der Waals surface area contributed by atoms with Gasteiger partial charge in [-0.1, -0.05) is 18.2 Å². The van der Waals surface area contributed by atoms with Gasteiger partial charge in [-0.15, -0.1) is 0 Å². The minimum atomic E-state index is -1.45. The van der Waals surface area contributed by atoms with E-state index in [9.17, 15) is 20.1 Å². The van der Waals surface area contributed by atoms with Crippen molar-refractivity contribution in [3.8, 4) is 0 Å². The summed E-state index contributed by atoms with van der Waals surface area (Å²) in [5.41, 5.74) is -1.00. The summed E-state index contributed by atoms with van der Waals surface area (Å²) in [5.74, 6) is -0.387. The minimum absolute atomic E-state index is 0.0628. The summed E-state index contributed by atoms with van der Waals surface area (Å²) in [7, 11) is 0. The molecule has 0 aromatic heterocycles. The molecule has 0 bridgehead atoms. The van der Waals surface area contributed by atoms with E-state index in [0.717, 1.165) is 0 Å². The standard InChI is InChI=1S/C13H17NO4/c15-10-6-7-13(18,8-11(10)16)14-12(17)9-4-2-1-3-5-9/h1-5,10-11,15-16,18H,6-8H2,(H,14,17). The first-order valence-electron chi connectivity index (χ1n) is 5.96. The molecule has 0 heterocycles. The van der Waals surface area contributed by atoms with Crippen LogP contribution in [0.25, 0.3) is 0 Å². The second-order valence-corrected chi connectivity index (χ2v) is 4.73. The van der Waals surface area contributed by atoms with Crippen molar-refractivity contribution < 1.29 is 20.1 Å². The molecule has 0 saturated heterocycles. The van der Waals surface area contributed by atoms with Crippen molar-refractivity contribution in [1.29, 1.82) is 0 Å². The Morgan fingerprint density at radius 1 is 1.22 bits per heavy atom. The second-order valence-electron chi connectivity index (χ2n) is 4.73. The van der Waals surface area contributed by atoms with Crippen LogP contribution in [0.3, 0.4) is 0 Å². The number of rotatable bonds is 2. The Kier molecular flexibility index (Phi) is 3.65. The van der Waals surface area contributed by atoms with Crippen molar-refractivity contribution in [2.45, 2.75) is 37.2 Å². The lowest BCUT2D eigenvalue weighted by molar-refractivity contribution is -0.109. The maximum atomic E-state index is 11.9. The predicted octanol–water partition coefficient (Wildman–Crippen LogP) is 0.0107. The van der Waals surface area contributed by atoms with Crippen molar-refractivity contribution in [2.24, 2.45) is 0 Å². The molecule has 0 spiro atoms. The van der Waals surface area contributed by atoms with Crippen LogP contribution in [0.1, 0.15) is 29.6 Å². The third kappa shape index (κ3) is 2.87. The lowest BCUT2D eigenvalue weighted by atomic mass is 9.87. The highest BCUT2D eigenvalue weighted by atomic mass is 16.3. The van der Waals surface area contributed by atoms with Crippen LogP contribution in [0.4, 0.5) is 0 Å². The third-order valence-electron chi connectivity index (χ3n) is 3.23. The summed E-state index contributed by atoms with van der Waals surface area (Å²) < 4.78 is 0. The molecule has 0 radical (unpaired) electrons. The Morgan fingerprint density at radius 2 is 1.89 bits per heavy atom. The summed E-state index contributed by atoms with van der Waals surface area (Å²) >= 11 is 0. The number of aliphatic hydroxyl groups is 3. The number of carbonyl (C=O) groups excluding carboxylic acids is 1. The molecule has 1 aromatic carbocycles. The van der Waals surface area contributed by atoms with Gasteiger partial charge < -0.3 is 20.6 Å². The van der Waals surface area contributed by atoms with Gasteiger partial charge in [0.25, 0.3) is 5.91 Å². The molecule has 1 aliphatic carbocycles. The lowest BCUT2D eigenvalue weighted by Gasteiger charge is -2.37. The smallest absolute Gasteiger partial charge is 0.253 e. The molecule has 3 unspecified atom stereocenters. The molecule has 1 fully saturated rings. The number of amides is 1. The molecule has 98 valence electrons. The molecule has 18 heavy (non-hydrogen) atoms. The molecule has 4 N–H and O–H groups in total. The first-order chi connectivity index (χ1) is 8.50. The first kappa shape index (κ1) is 13.0. The largest absolute Gasteiger partial charge is 0.390 e. The summed E-state index contributed by atoms with van der Waals surface area (Å²) in [4.78, 5) is 11.9. The zero-order valence-electron chi connectivity index (χ0n) is 9.91. The molecule has 1 saturated carbocycles. The van der Waals surface area contributed by atoms with Gasteiger partial charge in [-0.05, 0) is 25.0 Å². The van der Waals surface area contributed by atoms with Crippen LogP contribution in [-0.4, -0.2) is 39.2 Å². The molecule has 5 heteroatoms. The van der Waals surface area contributed by atoms with Crippen LogP contribution in [0, 0.1) is 0 Å². The van der Waals surface area contributed by atoms with Gasteiger partial charge in [-0.2, -0.15) is 0 Å². The van der Waals surface area contributed by atoms with E-state index >= 15 is 0 Å². The summed E-state index contributed by atoms with van der Waals surface area (Å²) in [6.07, 6.45) is -1.43. The molecule has 2 rings (SSSR count). The van der Waals surface area contributed by atoms with E-state index in [-0.39, 0.29) is 25.2 Å². The monoisotopic (exact) mass is 251 g/mol. The highest BCUT2D eigenvalue weighted by Crippen LogP contribution is 2.26. The number of hydrogen-bond acceptors (Lipinski definition) is 4. The number of aliphatic hydroxyl groups excluding tert-OH is 2. The predicted molar refractivity (Wildman–Crippen MR) is 64.7 cm³/mol. The maximum absolute atomic E-state index is 11.9. The van der Waals surface area contributed by atoms with Crippen molar-refractivity contribution in [3.63, 3.8) is 0 Å². The van der Waals surface area contributed by atoms with E-state index in [1.807, 2.05) is 0 Å². The van der Waals surface area contributed by atoms with Crippen molar-refractivity contribution >= 4 is 5.91 Å². The average molecular weight is 251 g/mol. The van der Waals surface area contributed by atoms with E-state index in [1.165, 1.54) is 0 Å². The number of carbonyl (C=O) groups is 1. The Balaban J connectivity index is 2.03. The number of hydrogen-bond donors (Lipinski definition) is 4. The molecule has 1 aliphatic rings. The fourth-order valence-electron chi connectivity index (χ4n) is 2.15. The minimum Gasteiger partial charge on any atom is -0.390 e. The van der Waals surface area contributed by atoms with Gasteiger partial charge in [-0.3, -0.25) is 4.79 Å². The fourth-order valence-corrected chi connectivity index (χ4v) is 2.15. The van der Waals surface area contributed by atoms with Crippen molar-refractivity contribution in [3.05, 3.63) is 35.9 Å². The maximum Gasteiger partial charge on any atom is 0.253 e. The molecular weight excluding hydrogens is 234 g/mol. The van der Waals surface area contributed by atoms with Gasteiger partial charge in [0, 0.05) is 12.0 Å². The summed E-state index contributed by atoms with van der Waals surface area (Å²) in [5, 5.41) is 31.6. The van der Waals surface area contributed by atoms with Gasteiger partial charge >= 0.3 is 0 Å². The molecular formula is C13H17NO4. The molecule has 3 atom stereocenters. The zero-order chi connectivity index (χ0) is 13.2. The summed E-state index contributed by atoms with van der Waals surface area (Å²) in [6.45, 7) is 0. The Hall–Kier alpha value is -1.43. The second kappa shape index (κ2) is 5.06. The topological polar surface area (TPSA) is 89.8 Å². The van der Waals surface area contributed by atoms with Crippen LogP contribution in [0.2, 0.25) is 0 Å². The van der Waals surface area contributed by atoms with E-state index in [1.54, 1.807) is 30.3 Å². The lowest BCUT2D eigenvalue weighted by Crippen LogP contribution is -2.55. The highest BCUT2D eigenvalue weighted by molar-refractivity contribution is 5.94. The van der Waals surface area contributed by atoms with Crippen LogP contribution in [0.15, 0.2) is 30.3 Å². The van der Waals surface area contributed by atoms with Gasteiger partial charge in [-0.25, -0.2) is 0 Å². The van der Waals surface area contributed by atoms with Gasteiger partial charge in [0.05, 0.1) is 12.2 Å². The SMILES string of the molecule is O=C(NC1(O)CCC(O)C(O)C1)c1ccccc1. The molecule has 1 aromatic rings. The zero-order valence-corrected chi connectivity index (χ0v) is 9.91. The average Bonchev–Trinajstić information content (AvgIpc) is 2.35. The van der Waals surface area contributed by atoms with E-state index in [4.69, 9.17) is 0 Å². The van der Waals surface area contributed by atoms with Crippen LogP contribution >= 0.6 is 0 Å². The van der Waals surface area contributed by atoms with Gasteiger partial charge in [0.1, 0.15) is 5.72 Å². The third-order valence-corrected chi connectivity index (χ3v) is 3.23. The van der Waals surface area contributed by atoms with E-state index in [2.05, 4.69) is 5.32 Å². The molecule has 0 aliphatic heterocycles. The van der Waals surface area contributed by atoms with Crippen LogP contribution in [0.5, 0.6) is 0 Å². The Morgan fingerprint density at radius 3 is 2.50 bits per heavy atom. The van der Waals surface area contributed by atoms with Gasteiger partial charge in [0.2, 0.25) is 0 Å². The molecule has 1 amide bonds. The Labute approximate surface area is 105 Å². The van der Waals surface area contributed by atoms with Crippen molar-refractivity contribution in [2.75, 3.05) is 0 Å². The fraction of sp³-hybridized carbons (Fsp3) is 0.462. The summed E-state index contributed by atoms with van der Waals surface area (Å²) in [6, 6.07) is 8.56. The Bertz CT molecular complexity index is 422. The normalized spacial score (nSPS) is 31.9. The molecule has 5 nitrogen and oxygen atoms in total. The number of benzene rings is 1. The highest BCUT2D eigenvalue weighted by Gasteiger charge is 2.39. The van der Waals surface area contributed by atoms with Crippen LogP contribution in [-0.2, 0) is 0 Å². The quantitative estimate of drug-likeness (QED) is 0.557. The van der Waals surface area contributed by atoms with Gasteiger partial charge in [0.15, 0.2) is 0 Å². The first-order valence-corrected chi connectivity index (χ1v) is 5.96.